The van der Waals surface area contributed by atoms with Gasteiger partial charge in [0.25, 0.3) is 0 Å². The molecule has 0 saturated heterocycles. The van der Waals surface area contributed by atoms with Gasteiger partial charge >= 0.3 is 0 Å². The van der Waals surface area contributed by atoms with E-state index >= 15 is 0 Å². The van der Waals surface area contributed by atoms with Crippen LogP contribution in [0.25, 0.3) is 0 Å². The van der Waals surface area contributed by atoms with Crippen molar-refractivity contribution in [3.05, 3.63) is 46.3 Å². The van der Waals surface area contributed by atoms with Gasteiger partial charge in [-0.1, -0.05) is 6.07 Å². The van der Waals surface area contributed by atoms with Crippen LogP contribution in [0.3, 0.4) is 0 Å². The molecule has 6 nitrogen and oxygen atoms in total. The van der Waals surface area contributed by atoms with Crippen molar-refractivity contribution in [3.63, 3.8) is 0 Å². The lowest BCUT2D eigenvalue weighted by Gasteiger charge is -2.02. The van der Waals surface area contributed by atoms with Crippen molar-refractivity contribution in [2.45, 2.75) is 23.1 Å². The van der Waals surface area contributed by atoms with E-state index in [4.69, 9.17) is 5.26 Å². The maximum Gasteiger partial charge on any atom is 0.215 e. The summed E-state index contributed by atoms with van der Waals surface area (Å²) in [6, 6.07) is 9.71. The van der Waals surface area contributed by atoms with Crippen LogP contribution in [-0.2, 0) is 13.0 Å². The molecule has 0 atom stereocenters. The summed E-state index contributed by atoms with van der Waals surface area (Å²) in [4.78, 5) is 5.51. The van der Waals surface area contributed by atoms with E-state index in [2.05, 4.69) is 32.0 Å². The first-order valence-electron chi connectivity index (χ1n) is 6.18. The third-order valence-electron chi connectivity index (χ3n) is 2.71. The molecule has 0 aromatic carbocycles. The quantitative estimate of drug-likeness (QED) is 0.719. The zero-order valence-electron chi connectivity index (χ0n) is 10.9. The fourth-order valence-corrected chi connectivity index (χ4v) is 3.12. The SMILES string of the molecule is N#Cc1ccc(Sc2nnnn2CCc2cccs2)nc1. The molecule has 0 spiro atoms. The fraction of sp³-hybridized carbons (Fsp3) is 0.154. The first-order valence-corrected chi connectivity index (χ1v) is 7.87. The Hall–Kier alpha value is -2.24. The van der Waals surface area contributed by atoms with Crippen LogP contribution in [0.5, 0.6) is 0 Å². The molecule has 0 aliphatic heterocycles. The number of nitrogens with zero attached hydrogens (tertiary/aromatic N) is 6. The number of tetrazole rings is 1. The second-order valence-corrected chi connectivity index (χ2v) is 6.13. The highest BCUT2D eigenvalue weighted by Gasteiger charge is 2.09. The van der Waals surface area contributed by atoms with Crippen molar-refractivity contribution in [2.24, 2.45) is 0 Å². The summed E-state index contributed by atoms with van der Waals surface area (Å²) in [7, 11) is 0. The van der Waals surface area contributed by atoms with Crippen LogP contribution in [0, 0.1) is 11.3 Å². The molecule has 8 heteroatoms. The molecule has 0 aliphatic rings. The minimum Gasteiger partial charge on any atom is -0.248 e. The van der Waals surface area contributed by atoms with Crippen molar-refractivity contribution in [1.82, 2.24) is 25.2 Å². The minimum absolute atomic E-state index is 0.539. The van der Waals surface area contributed by atoms with E-state index in [1.165, 1.54) is 16.6 Å². The minimum atomic E-state index is 0.539. The third-order valence-corrected chi connectivity index (χ3v) is 4.57. The van der Waals surface area contributed by atoms with Crippen molar-refractivity contribution >= 4 is 23.1 Å². The van der Waals surface area contributed by atoms with Crippen molar-refractivity contribution in [1.29, 1.82) is 5.26 Å². The molecule has 0 amide bonds. The van der Waals surface area contributed by atoms with Gasteiger partial charge in [0.2, 0.25) is 5.16 Å². The Bertz CT molecular complexity index is 742. The van der Waals surface area contributed by atoms with Gasteiger partial charge in [0, 0.05) is 17.5 Å². The van der Waals surface area contributed by atoms with E-state index in [1.54, 1.807) is 34.3 Å². The molecule has 0 saturated carbocycles. The lowest BCUT2D eigenvalue weighted by Crippen LogP contribution is -2.04. The van der Waals surface area contributed by atoms with Gasteiger partial charge in [0.1, 0.15) is 11.1 Å². The molecular formula is C13H10N6S2. The number of aromatic nitrogens is 5. The number of nitriles is 1. The molecule has 3 aromatic heterocycles. The van der Waals surface area contributed by atoms with Gasteiger partial charge in [-0.15, -0.1) is 16.4 Å². The molecule has 21 heavy (non-hydrogen) atoms. The van der Waals surface area contributed by atoms with E-state index in [9.17, 15) is 0 Å². The maximum absolute atomic E-state index is 8.76. The Balaban J connectivity index is 1.68. The molecule has 0 N–H and O–H groups in total. The smallest absolute Gasteiger partial charge is 0.215 e. The van der Waals surface area contributed by atoms with Crippen molar-refractivity contribution in [2.75, 3.05) is 0 Å². The lowest BCUT2D eigenvalue weighted by atomic mass is 10.3. The van der Waals surface area contributed by atoms with Crippen LogP contribution >= 0.6 is 23.1 Å². The lowest BCUT2D eigenvalue weighted by molar-refractivity contribution is 0.550. The van der Waals surface area contributed by atoms with Crippen LogP contribution in [0.4, 0.5) is 0 Å². The standard InChI is InChI=1S/C13H10N6S2/c14-8-10-3-4-12(15-9-10)21-13-16-17-18-19(13)6-5-11-2-1-7-20-11/h1-4,7,9H,5-6H2. The topological polar surface area (TPSA) is 80.3 Å². The van der Waals surface area contributed by atoms with Crippen molar-refractivity contribution < 1.29 is 0 Å². The Morgan fingerprint density at radius 2 is 2.29 bits per heavy atom. The van der Waals surface area contributed by atoms with Crippen LogP contribution in [0.1, 0.15) is 10.4 Å². The highest BCUT2D eigenvalue weighted by atomic mass is 32.2. The molecule has 0 unspecified atom stereocenters. The molecular weight excluding hydrogens is 304 g/mol. The zero-order chi connectivity index (χ0) is 14.5. The van der Waals surface area contributed by atoms with E-state index in [1.807, 2.05) is 12.1 Å². The van der Waals surface area contributed by atoms with Gasteiger partial charge < -0.3 is 0 Å². The molecule has 0 bridgehead atoms. The van der Waals surface area contributed by atoms with Gasteiger partial charge in [-0.25, -0.2) is 9.67 Å². The highest BCUT2D eigenvalue weighted by molar-refractivity contribution is 7.99. The van der Waals surface area contributed by atoms with Crippen LogP contribution in [0.2, 0.25) is 0 Å². The van der Waals surface area contributed by atoms with Crippen LogP contribution in [-0.4, -0.2) is 25.2 Å². The molecule has 0 fully saturated rings. The highest BCUT2D eigenvalue weighted by Crippen LogP contribution is 2.23. The average molecular weight is 314 g/mol. The summed E-state index contributed by atoms with van der Waals surface area (Å²) < 4.78 is 1.77. The Morgan fingerprint density at radius 3 is 3.00 bits per heavy atom. The van der Waals surface area contributed by atoms with Gasteiger partial charge in [0.15, 0.2) is 0 Å². The fourth-order valence-electron chi connectivity index (χ4n) is 1.68. The first kappa shape index (κ1) is 13.7. The number of pyridine rings is 1. The monoisotopic (exact) mass is 314 g/mol. The third kappa shape index (κ3) is 3.45. The predicted molar refractivity (Wildman–Crippen MR) is 78.9 cm³/mol. The molecule has 0 radical (unpaired) electrons. The second kappa shape index (κ2) is 6.47. The zero-order valence-corrected chi connectivity index (χ0v) is 12.5. The molecule has 3 heterocycles. The Kier molecular flexibility index (Phi) is 4.23. The Labute approximate surface area is 129 Å². The summed E-state index contributed by atoms with van der Waals surface area (Å²) in [6.07, 6.45) is 2.44. The molecule has 3 rings (SSSR count). The predicted octanol–water partition coefficient (Wildman–Crippen LogP) is 2.40. The molecule has 3 aromatic rings. The van der Waals surface area contributed by atoms with Crippen LogP contribution in [0.15, 0.2) is 46.0 Å². The summed E-state index contributed by atoms with van der Waals surface area (Å²) in [5.74, 6) is 0. The van der Waals surface area contributed by atoms with Crippen molar-refractivity contribution in [3.8, 4) is 6.07 Å². The summed E-state index contributed by atoms with van der Waals surface area (Å²) in [5, 5.41) is 24.0. The van der Waals surface area contributed by atoms with E-state index in [0.717, 1.165) is 18.0 Å². The normalized spacial score (nSPS) is 10.4. The van der Waals surface area contributed by atoms with Gasteiger partial charge in [-0.3, -0.25) is 0 Å². The number of aryl methyl sites for hydroxylation is 2. The second-order valence-electron chi connectivity index (χ2n) is 4.11. The summed E-state index contributed by atoms with van der Waals surface area (Å²) in [6.45, 7) is 0.728. The largest absolute Gasteiger partial charge is 0.248 e. The number of rotatable bonds is 5. The van der Waals surface area contributed by atoms with Gasteiger partial charge in [-0.05, 0) is 45.8 Å². The number of hydrogen-bond acceptors (Lipinski definition) is 7. The number of hydrogen-bond donors (Lipinski definition) is 0. The van der Waals surface area contributed by atoms with Gasteiger partial charge in [0.05, 0.1) is 12.1 Å². The molecule has 0 aliphatic carbocycles. The summed E-state index contributed by atoms with van der Waals surface area (Å²) in [5.41, 5.74) is 0.539. The number of thiophene rings is 1. The van der Waals surface area contributed by atoms with E-state index in [-0.39, 0.29) is 0 Å². The molecule has 104 valence electrons. The Morgan fingerprint density at radius 1 is 1.33 bits per heavy atom. The van der Waals surface area contributed by atoms with E-state index in [0.29, 0.717) is 10.7 Å². The average Bonchev–Trinajstić information content (AvgIpc) is 3.17. The van der Waals surface area contributed by atoms with Gasteiger partial charge in [-0.2, -0.15) is 5.26 Å². The van der Waals surface area contributed by atoms with Crippen LogP contribution < -0.4 is 0 Å². The summed E-state index contributed by atoms with van der Waals surface area (Å²) >= 11 is 3.11. The first-order chi connectivity index (χ1) is 10.3. The maximum atomic E-state index is 8.76. The van der Waals surface area contributed by atoms with E-state index < -0.39 is 0 Å².